The monoisotopic (exact) mass is 671 g/mol. The number of amides is 1. The summed E-state index contributed by atoms with van der Waals surface area (Å²) < 4.78 is 42.3. The lowest BCUT2D eigenvalue weighted by molar-refractivity contribution is -0.165. The van der Waals surface area contributed by atoms with Gasteiger partial charge in [0.2, 0.25) is 5.78 Å². The number of rotatable bonds is 18. The van der Waals surface area contributed by atoms with Crippen molar-refractivity contribution in [1.29, 1.82) is 0 Å². The van der Waals surface area contributed by atoms with Gasteiger partial charge in [-0.05, 0) is 61.4 Å². The van der Waals surface area contributed by atoms with Crippen molar-refractivity contribution in [2.45, 2.75) is 58.1 Å². The van der Waals surface area contributed by atoms with Crippen molar-refractivity contribution in [3.8, 4) is 17.2 Å². The molecule has 0 spiro atoms. The zero-order chi connectivity index (χ0) is 35.4. The molecule has 0 saturated carbocycles. The smallest absolute Gasteiger partial charge is 0.341 e. The third-order valence-electron chi connectivity index (χ3n) is 7.84. The zero-order valence-electron chi connectivity index (χ0n) is 27.6. The second-order valence-electron chi connectivity index (χ2n) is 12.0. The lowest BCUT2D eigenvalue weighted by Gasteiger charge is -2.36. The summed E-state index contributed by atoms with van der Waals surface area (Å²) in [5.74, 6) is -3.35. The summed E-state index contributed by atoms with van der Waals surface area (Å²) in [6.07, 6.45) is 1.20. The zero-order valence-corrected chi connectivity index (χ0v) is 27.6. The number of benzene rings is 2. The third kappa shape index (κ3) is 10.1. The molecule has 0 aromatic heterocycles. The van der Waals surface area contributed by atoms with E-state index in [9.17, 15) is 24.0 Å². The number of aliphatic carboxylic acids is 1. The van der Waals surface area contributed by atoms with Crippen LogP contribution in [0.3, 0.4) is 0 Å². The summed E-state index contributed by atoms with van der Waals surface area (Å²) >= 11 is 0. The summed E-state index contributed by atoms with van der Waals surface area (Å²) in [5.41, 5.74) is -0.347. The van der Waals surface area contributed by atoms with Gasteiger partial charge < -0.3 is 33.7 Å². The van der Waals surface area contributed by atoms with E-state index in [1.807, 2.05) is 0 Å². The Hall–Kier alpha value is -4.78. The first-order chi connectivity index (χ1) is 22.8. The Balaban J connectivity index is 1.86. The predicted molar refractivity (Wildman–Crippen MR) is 170 cm³/mol. The van der Waals surface area contributed by atoms with E-state index in [-0.39, 0.29) is 61.7 Å². The van der Waals surface area contributed by atoms with Gasteiger partial charge in [0.25, 0.3) is 5.91 Å². The van der Waals surface area contributed by atoms with Crippen LogP contribution in [-0.2, 0) is 39.9 Å². The van der Waals surface area contributed by atoms with Crippen molar-refractivity contribution in [1.82, 2.24) is 4.90 Å². The number of piperidine rings is 1. The van der Waals surface area contributed by atoms with E-state index in [0.29, 0.717) is 30.4 Å². The Bertz CT molecular complexity index is 1510. The van der Waals surface area contributed by atoms with Crippen molar-refractivity contribution in [3.05, 3.63) is 65.5 Å². The molecule has 1 heterocycles. The van der Waals surface area contributed by atoms with Crippen LogP contribution < -0.4 is 14.2 Å². The summed E-state index contributed by atoms with van der Waals surface area (Å²) in [7, 11) is 2.81. The molecule has 1 N–H and O–H groups in total. The maximum absolute atomic E-state index is 15.0. The largest absolute Gasteiger partial charge is 0.493 e. The molecule has 2 aromatic rings. The number of carbonyl (C=O) groups excluding carboxylic acids is 4. The standard InChI is InChI=1S/C35H42FNO11/c1-22(18-38)19-46-21-35(2,3)32(41)33(42)37-14-7-6-11-27(37)34(43)48-28(24-9-8-10-25(15-24)47-20-31(39)40)13-12-23-16-29(44-4)30(45-5)17-26(23)36/h8-10,15-18,27-28H,1,6-7,11-14,19-21H2,2-5H3,(H,39,40)/t27-,28+/m0/s1. The molecular formula is C35H42FNO11. The fourth-order valence-corrected chi connectivity index (χ4v) is 5.21. The number of halogens is 1. The van der Waals surface area contributed by atoms with E-state index in [1.165, 1.54) is 51.2 Å². The average molecular weight is 672 g/mol. The Labute approximate surface area is 278 Å². The average Bonchev–Trinajstić information content (AvgIpc) is 3.08. The molecule has 0 aliphatic carbocycles. The molecule has 1 aliphatic heterocycles. The highest BCUT2D eigenvalue weighted by atomic mass is 19.1. The van der Waals surface area contributed by atoms with Crippen LogP contribution in [0.2, 0.25) is 0 Å². The fourth-order valence-electron chi connectivity index (χ4n) is 5.21. The summed E-state index contributed by atoms with van der Waals surface area (Å²) in [5, 5.41) is 9.04. The van der Waals surface area contributed by atoms with Gasteiger partial charge in [-0.1, -0.05) is 32.6 Å². The van der Waals surface area contributed by atoms with Gasteiger partial charge >= 0.3 is 11.9 Å². The summed E-state index contributed by atoms with van der Waals surface area (Å²) in [6.45, 7) is 5.92. The number of hydrogen-bond acceptors (Lipinski definition) is 10. The van der Waals surface area contributed by atoms with Crippen LogP contribution in [0.15, 0.2) is 48.6 Å². The Morgan fingerprint density at radius 2 is 1.79 bits per heavy atom. The highest BCUT2D eigenvalue weighted by Gasteiger charge is 2.42. The van der Waals surface area contributed by atoms with Crippen molar-refractivity contribution < 1.29 is 57.2 Å². The van der Waals surface area contributed by atoms with Crippen molar-refractivity contribution in [2.75, 3.05) is 40.6 Å². The molecule has 0 unspecified atom stereocenters. The Morgan fingerprint density at radius 3 is 2.46 bits per heavy atom. The molecule has 2 aromatic carbocycles. The molecule has 260 valence electrons. The molecule has 0 radical (unpaired) electrons. The molecule has 3 rings (SSSR count). The number of Topliss-reactive ketones (excluding diaryl/α,β-unsaturated/α-hetero) is 1. The number of carboxylic acid groups (broad SMARTS) is 1. The number of esters is 1. The number of methoxy groups -OCH3 is 2. The maximum atomic E-state index is 15.0. The molecule has 12 nitrogen and oxygen atoms in total. The normalized spacial score (nSPS) is 15.2. The number of likely N-dealkylation sites (tertiary alicyclic amines) is 1. The lowest BCUT2D eigenvalue weighted by atomic mass is 9.87. The summed E-state index contributed by atoms with van der Waals surface area (Å²) in [6, 6.07) is 7.97. The molecule has 1 amide bonds. The highest BCUT2D eigenvalue weighted by molar-refractivity contribution is 6.38. The van der Waals surface area contributed by atoms with Crippen LogP contribution >= 0.6 is 0 Å². The van der Waals surface area contributed by atoms with Gasteiger partial charge in [0, 0.05) is 18.2 Å². The first kappa shape index (κ1) is 37.7. The molecule has 1 fully saturated rings. The minimum absolute atomic E-state index is 0.0930. The van der Waals surface area contributed by atoms with E-state index in [2.05, 4.69) is 6.58 Å². The fraction of sp³-hybridized carbons (Fsp3) is 0.457. The van der Waals surface area contributed by atoms with Crippen molar-refractivity contribution in [2.24, 2.45) is 5.41 Å². The SMILES string of the molecule is C=C(C=O)COCC(C)(C)C(=O)C(=O)N1CCCC[C@H]1C(=O)O[C@H](CCc1cc(OC)c(OC)cc1F)c1cccc(OCC(=O)O)c1. The van der Waals surface area contributed by atoms with E-state index in [4.69, 9.17) is 28.8 Å². The number of aldehydes is 1. The minimum atomic E-state index is -1.26. The Morgan fingerprint density at radius 1 is 1.08 bits per heavy atom. The van der Waals surface area contributed by atoms with Crippen molar-refractivity contribution in [3.63, 3.8) is 0 Å². The van der Waals surface area contributed by atoms with Crippen LogP contribution in [0.5, 0.6) is 17.2 Å². The number of ketones is 1. The molecule has 2 atom stereocenters. The number of ether oxygens (including phenoxy) is 5. The van der Waals surface area contributed by atoms with Crippen LogP contribution in [0.4, 0.5) is 4.39 Å². The third-order valence-corrected chi connectivity index (χ3v) is 7.84. The van der Waals surface area contributed by atoms with Gasteiger partial charge in [-0.2, -0.15) is 0 Å². The summed E-state index contributed by atoms with van der Waals surface area (Å²) in [4.78, 5) is 63.7. The quantitative estimate of drug-likeness (QED) is 0.105. The molecule has 1 aliphatic rings. The van der Waals surface area contributed by atoms with Crippen LogP contribution in [0.1, 0.15) is 56.8 Å². The van der Waals surface area contributed by atoms with E-state index >= 15 is 4.39 Å². The number of carbonyl (C=O) groups is 5. The van der Waals surface area contributed by atoms with Gasteiger partial charge in [-0.15, -0.1) is 0 Å². The van der Waals surface area contributed by atoms with Crippen LogP contribution in [0.25, 0.3) is 0 Å². The topological polar surface area (TPSA) is 155 Å². The maximum Gasteiger partial charge on any atom is 0.341 e. The number of hydrogen-bond donors (Lipinski definition) is 1. The number of nitrogens with zero attached hydrogens (tertiary/aromatic N) is 1. The minimum Gasteiger partial charge on any atom is -0.493 e. The second-order valence-corrected chi connectivity index (χ2v) is 12.0. The number of aryl methyl sites for hydroxylation is 1. The predicted octanol–water partition coefficient (Wildman–Crippen LogP) is 4.27. The molecule has 1 saturated heterocycles. The highest BCUT2D eigenvalue weighted by Crippen LogP contribution is 2.34. The molecule has 48 heavy (non-hydrogen) atoms. The van der Waals surface area contributed by atoms with Gasteiger partial charge in [0.05, 0.1) is 32.8 Å². The Kier molecular flexibility index (Phi) is 13.7. The first-order valence-electron chi connectivity index (χ1n) is 15.4. The molecule has 13 heteroatoms. The number of carboxylic acids is 1. The van der Waals surface area contributed by atoms with E-state index in [1.54, 1.807) is 18.2 Å². The van der Waals surface area contributed by atoms with Gasteiger partial charge in [-0.3, -0.25) is 14.4 Å². The van der Waals surface area contributed by atoms with Gasteiger partial charge in [-0.25, -0.2) is 14.0 Å². The second kappa shape index (κ2) is 17.4. The van der Waals surface area contributed by atoms with Crippen LogP contribution in [-0.4, -0.2) is 86.5 Å². The molecular weight excluding hydrogens is 629 g/mol. The van der Waals surface area contributed by atoms with E-state index < -0.39 is 53.6 Å². The van der Waals surface area contributed by atoms with Gasteiger partial charge in [0.1, 0.15) is 30.0 Å². The van der Waals surface area contributed by atoms with Crippen LogP contribution in [0, 0.1) is 11.2 Å². The first-order valence-corrected chi connectivity index (χ1v) is 15.4. The van der Waals surface area contributed by atoms with Gasteiger partial charge in [0.15, 0.2) is 18.1 Å². The van der Waals surface area contributed by atoms with E-state index in [0.717, 1.165) is 0 Å². The lowest BCUT2D eigenvalue weighted by Crippen LogP contribution is -2.53. The van der Waals surface area contributed by atoms with Crippen molar-refractivity contribution >= 4 is 29.9 Å². The molecule has 0 bridgehead atoms.